The molecule has 0 aromatic carbocycles. The predicted octanol–water partition coefficient (Wildman–Crippen LogP) is 2.24. The van der Waals surface area contributed by atoms with E-state index in [1.54, 1.807) is 0 Å². The number of fused-ring (bicyclic) bond motifs is 1. The zero-order valence-electron chi connectivity index (χ0n) is 16.0. The third-order valence-electron chi connectivity index (χ3n) is 6.28. The van der Waals surface area contributed by atoms with Crippen LogP contribution in [0.5, 0.6) is 0 Å². The Morgan fingerprint density at radius 3 is 2.32 bits per heavy atom. The number of aliphatic hydroxyl groups excluding tert-OH is 1. The first-order chi connectivity index (χ1) is 11.4. The summed E-state index contributed by atoms with van der Waals surface area (Å²) in [6.45, 7) is 10.3. The van der Waals surface area contributed by atoms with Gasteiger partial charge < -0.3 is 14.3 Å². The molecule has 142 valence electrons. The summed E-state index contributed by atoms with van der Waals surface area (Å²) in [6.07, 6.45) is -0.998. The number of ketones is 2. The van der Waals surface area contributed by atoms with E-state index in [-0.39, 0.29) is 29.4 Å². The molecule has 0 radical (unpaired) electrons. The molecule has 0 aromatic rings. The molecule has 2 fully saturated rings. The highest BCUT2D eigenvalue weighted by Gasteiger charge is 2.67. The van der Waals surface area contributed by atoms with Gasteiger partial charge in [-0.25, -0.2) is 0 Å². The number of ether oxygens (including phenoxy) is 1. The molecular weight excluding hydrogens is 340 g/mol. The van der Waals surface area contributed by atoms with Gasteiger partial charge in [0.1, 0.15) is 5.78 Å². The van der Waals surface area contributed by atoms with Gasteiger partial charge in [-0.3, -0.25) is 14.4 Å². The van der Waals surface area contributed by atoms with E-state index in [1.807, 2.05) is 13.1 Å². The van der Waals surface area contributed by atoms with Crippen molar-refractivity contribution in [1.29, 1.82) is 0 Å². The van der Waals surface area contributed by atoms with Crippen molar-refractivity contribution in [3.63, 3.8) is 0 Å². The lowest BCUT2D eigenvalue weighted by Gasteiger charge is -2.52. The molecule has 2 rings (SSSR count). The van der Waals surface area contributed by atoms with Crippen LogP contribution in [0.4, 0.5) is 0 Å². The van der Waals surface area contributed by atoms with E-state index in [4.69, 9.17) is 9.16 Å². The third-order valence-corrected chi connectivity index (χ3v) is 10.8. The first-order valence-electron chi connectivity index (χ1n) is 8.90. The van der Waals surface area contributed by atoms with Crippen LogP contribution in [0.2, 0.25) is 18.1 Å². The molecule has 0 aliphatic heterocycles. The topological polar surface area (TPSA) is 89.9 Å². The zero-order valence-corrected chi connectivity index (χ0v) is 17.0. The Balaban J connectivity index is 2.56. The van der Waals surface area contributed by atoms with Gasteiger partial charge in [0.2, 0.25) is 0 Å². The number of hydrogen-bond donors (Lipinski definition) is 1. The number of Topliss-reactive ketones (excluding diaryl/α,β-unsaturated/α-hetero) is 2. The highest BCUT2D eigenvalue weighted by atomic mass is 28.4. The fraction of sp³-hybridized carbons (Fsp3) is 0.833. The molecular formula is C18H30O6Si. The van der Waals surface area contributed by atoms with Gasteiger partial charge in [0.05, 0.1) is 25.2 Å². The average molecular weight is 371 g/mol. The fourth-order valence-electron chi connectivity index (χ4n) is 3.87. The Hall–Kier alpha value is -1.05. The van der Waals surface area contributed by atoms with Crippen LogP contribution in [-0.4, -0.2) is 50.3 Å². The summed E-state index contributed by atoms with van der Waals surface area (Å²) in [7, 11) is -1.09. The molecule has 2 saturated carbocycles. The van der Waals surface area contributed by atoms with Crippen molar-refractivity contribution in [3.8, 4) is 0 Å². The first-order valence-corrected chi connectivity index (χ1v) is 11.8. The lowest BCUT2D eigenvalue weighted by atomic mass is 9.55. The van der Waals surface area contributed by atoms with E-state index in [1.165, 1.54) is 7.11 Å². The number of aliphatic hydroxyl groups is 1. The van der Waals surface area contributed by atoms with Crippen molar-refractivity contribution in [2.75, 3.05) is 7.11 Å². The lowest BCUT2D eigenvalue weighted by Crippen LogP contribution is -2.67. The Kier molecular flexibility index (Phi) is 5.34. The van der Waals surface area contributed by atoms with Crippen molar-refractivity contribution in [2.45, 2.75) is 76.8 Å². The van der Waals surface area contributed by atoms with Crippen LogP contribution in [0, 0.1) is 11.3 Å². The number of methoxy groups -OCH3 is 1. The monoisotopic (exact) mass is 370 g/mol. The lowest BCUT2D eigenvalue weighted by molar-refractivity contribution is -0.189. The second kappa shape index (κ2) is 6.59. The highest BCUT2D eigenvalue weighted by Crippen LogP contribution is 2.51. The van der Waals surface area contributed by atoms with Crippen LogP contribution in [0.1, 0.15) is 46.5 Å². The maximum Gasteiger partial charge on any atom is 0.322 e. The highest BCUT2D eigenvalue weighted by molar-refractivity contribution is 6.74. The summed E-state index contributed by atoms with van der Waals surface area (Å²) in [4.78, 5) is 38.3. The number of esters is 1. The van der Waals surface area contributed by atoms with Crippen molar-refractivity contribution in [1.82, 2.24) is 0 Å². The summed E-state index contributed by atoms with van der Waals surface area (Å²) < 4.78 is 11.4. The van der Waals surface area contributed by atoms with E-state index in [9.17, 15) is 19.5 Å². The average Bonchev–Trinajstić information content (AvgIpc) is 2.50. The van der Waals surface area contributed by atoms with Crippen molar-refractivity contribution < 1.29 is 28.7 Å². The van der Waals surface area contributed by atoms with Gasteiger partial charge in [0.25, 0.3) is 0 Å². The summed E-state index contributed by atoms with van der Waals surface area (Å²) >= 11 is 0. The SMILES string of the molecule is COC(=O)[C@]12C(=O)CCC(=O)[C@H]1[C@@H](O)CC[C@@H]2O[Si](C)(C)C(C)(C)C. The van der Waals surface area contributed by atoms with E-state index < -0.39 is 37.8 Å². The van der Waals surface area contributed by atoms with E-state index in [2.05, 4.69) is 20.8 Å². The maximum atomic E-state index is 13.0. The standard InChI is InChI=1S/C18H30O6Si/c1-17(2,3)25(5,6)24-14-10-8-12(20)15-11(19)7-9-13(21)18(14,15)16(22)23-4/h12,14-15,20H,7-10H2,1-6H3/t12-,14-,15-,18-/m0/s1. The molecule has 0 amide bonds. The van der Waals surface area contributed by atoms with Crippen LogP contribution >= 0.6 is 0 Å². The summed E-state index contributed by atoms with van der Waals surface area (Å²) in [6, 6.07) is 0. The van der Waals surface area contributed by atoms with E-state index >= 15 is 0 Å². The minimum Gasteiger partial charge on any atom is -0.468 e. The largest absolute Gasteiger partial charge is 0.468 e. The Morgan fingerprint density at radius 2 is 1.80 bits per heavy atom. The smallest absolute Gasteiger partial charge is 0.322 e. The Morgan fingerprint density at radius 1 is 1.20 bits per heavy atom. The molecule has 0 saturated heterocycles. The summed E-state index contributed by atoms with van der Waals surface area (Å²) in [5, 5.41) is 10.3. The normalized spacial score (nSPS) is 33.8. The minimum atomic E-state index is -2.30. The van der Waals surface area contributed by atoms with Gasteiger partial charge in [0.15, 0.2) is 19.5 Å². The molecule has 0 bridgehead atoms. The van der Waals surface area contributed by atoms with Crippen molar-refractivity contribution in [2.24, 2.45) is 11.3 Å². The number of hydrogen-bond acceptors (Lipinski definition) is 6. The third kappa shape index (κ3) is 3.10. The van der Waals surface area contributed by atoms with Gasteiger partial charge in [-0.2, -0.15) is 0 Å². The van der Waals surface area contributed by atoms with Gasteiger partial charge in [-0.15, -0.1) is 0 Å². The summed E-state index contributed by atoms with van der Waals surface area (Å²) in [5.41, 5.74) is -1.71. The molecule has 2 aliphatic rings. The number of carbonyl (C=O) groups is 3. The fourth-order valence-corrected chi connectivity index (χ4v) is 5.23. The quantitative estimate of drug-likeness (QED) is 0.465. The van der Waals surface area contributed by atoms with Crippen LogP contribution in [0.15, 0.2) is 0 Å². The van der Waals surface area contributed by atoms with E-state index in [0.29, 0.717) is 12.8 Å². The molecule has 25 heavy (non-hydrogen) atoms. The molecule has 2 aliphatic carbocycles. The molecule has 0 spiro atoms. The van der Waals surface area contributed by atoms with Crippen molar-refractivity contribution in [3.05, 3.63) is 0 Å². The molecule has 7 heteroatoms. The second-order valence-electron chi connectivity index (χ2n) is 8.74. The number of rotatable bonds is 3. The second-order valence-corrected chi connectivity index (χ2v) is 13.5. The Bertz CT molecular complexity index is 569. The van der Waals surface area contributed by atoms with Gasteiger partial charge in [-0.1, -0.05) is 20.8 Å². The Labute approximate surface area is 150 Å². The predicted molar refractivity (Wildman–Crippen MR) is 94.5 cm³/mol. The van der Waals surface area contributed by atoms with E-state index in [0.717, 1.165) is 0 Å². The first kappa shape index (κ1) is 20.3. The summed E-state index contributed by atoms with van der Waals surface area (Å²) in [5.74, 6) is -2.41. The molecule has 1 N–H and O–H groups in total. The van der Waals surface area contributed by atoms with Gasteiger partial charge >= 0.3 is 5.97 Å². The van der Waals surface area contributed by atoms with Crippen LogP contribution < -0.4 is 0 Å². The van der Waals surface area contributed by atoms with Crippen molar-refractivity contribution >= 4 is 25.9 Å². The van der Waals surface area contributed by atoms with Crippen LogP contribution in [0.25, 0.3) is 0 Å². The van der Waals surface area contributed by atoms with Gasteiger partial charge in [-0.05, 0) is 31.0 Å². The van der Waals surface area contributed by atoms with Gasteiger partial charge in [0, 0.05) is 12.8 Å². The maximum absolute atomic E-state index is 13.0. The molecule has 6 nitrogen and oxygen atoms in total. The molecule has 0 heterocycles. The van der Waals surface area contributed by atoms with Crippen LogP contribution in [0.3, 0.4) is 0 Å². The molecule has 4 atom stereocenters. The molecule has 0 aromatic heterocycles. The number of carbonyl (C=O) groups excluding carboxylic acids is 3. The zero-order chi connectivity index (χ0) is 19.2. The minimum absolute atomic E-state index is 0.00544. The van der Waals surface area contributed by atoms with Crippen LogP contribution in [-0.2, 0) is 23.5 Å². The molecule has 0 unspecified atom stereocenters.